The van der Waals surface area contributed by atoms with Gasteiger partial charge in [0.1, 0.15) is 5.82 Å². The molecule has 0 spiro atoms. The van der Waals surface area contributed by atoms with Gasteiger partial charge in [-0.2, -0.15) is 0 Å². The average Bonchev–Trinajstić information content (AvgIpc) is 3.26. The zero-order chi connectivity index (χ0) is 19.1. The first-order valence-corrected chi connectivity index (χ1v) is 9.52. The highest BCUT2D eigenvalue weighted by molar-refractivity contribution is 5.97. The predicted molar refractivity (Wildman–Crippen MR) is 106 cm³/mol. The molecule has 0 aliphatic carbocycles. The van der Waals surface area contributed by atoms with Gasteiger partial charge in [0.25, 0.3) is 5.91 Å². The molecule has 3 heterocycles. The minimum absolute atomic E-state index is 0.000955. The molecule has 0 saturated heterocycles. The molecule has 4 rings (SSSR count). The van der Waals surface area contributed by atoms with Crippen LogP contribution in [0.25, 0.3) is 11.3 Å². The van der Waals surface area contributed by atoms with Gasteiger partial charge >= 0.3 is 0 Å². The lowest BCUT2D eigenvalue weighted by Gasteiger charge is -2.38. The van der Waals surface area contributed by atoms with Crippen molar-refractivity contribution in [2.24, 2.45) is 13.0 Å². The molecule has 1 atom stereocenters. The van der Waals surface area contributed by atoms with Gasteiger partial charge in [0.15, 0.2) is 0 Å². The molecule has 0 saturated carbocycles. The minimum atomic E-state index is 0.000955. The van der Waals surface area contributed by atoms with Crippen molar-refractivity contribution in [2.75, 3.05) is 6.54 Å². The van der Waals surface area contributed by atoms with Crippen LogP contribution in [0.4, 0.5) is 0 Å². The maximum atomic E-state index is 13.5. The van der Waals surface area contributed by atoms with Gasteiger partial charge in [0, 0.05) is 43.9 Å². The van der Waals surface area contributed by atoms with Crippen LogP contribution < -0.4 is 0 Å². The van der Waals surface area contributed by atoms with Crippen LogP contribution in [0.2, 0.25) is 0 Å². The lowest BCUT2D eigenvalue weighted by atomic mass is 9.98. The van der Waals surface area contributed by atoms with Crippen molar-refractivity contribution in [3.05, 3.63) is 65.9 Å². The Morgan fingerprint density at radius 2 is 1.93 bits per heavy atom. The first-order valence-electron chi connectivity index (χ1n) is 9.52. The molecule has 0 fully saturated rings. The standard InChI is InChI=1S/C22H26N4O/c1-15(2)20-21-23-10-11-25(21)12-13-26(20)22(27)18-14-19(24(4)16(18)3)17-8-6-5-7-9-17/h5-11,14-15,20H,12-13H2,1-4H3. The van der Waals surface area contributed by atoms with E-state index in [2.05, 4.69) is 40.1 Å². The lowest BCUT2D eigenvalue weighted by Crippen LogP contribution is -2.44. The molecule has 1 aliphatic rings. The third kappa shape index (κ3) is 2.87. The fourth-order valence-corrected chi connectivity index (χ4v) is 4.11. The number of nitrogens with zero attached hydrogens (tertiary/aromatic N) is 4. The summed E-state index contributed by atoms with van der Waals surface area (Å²) in [5.74, 6) is 1.38. The summed E-state index contributed by atoms with van der Waals surface area (Å²) in [6.45, 7) is 7.84. The molecule has 5 nitrogen and oxygen atoms in total. The number of benzene rings is 1. The number of rotatable bonds is 3. The average molecular weight is 362 g/mol. The normalized spacial score (nSPS) is 16.6. The molecule has 1 amide bonds. The molecule has 0 radical (unpaired) electrons. The number of carbonyl (C=O) groups excluding carboxylic acids is 1. The molecule has 3 aromatic rings. The van der Waals surface area contributed by atoms with Gasteiger partial charge in [-0.05, 0) is 24.5 Å². The number of hydrogen-bond donors (Lipinski definition) is 0. The number of imidazole rings is 1. The van der Waals surface area contributed by atoms with Gasteiger partial charge in [-0.15, -0.1) is 0 Å². The van der Waals surface area contributed by atoms with Crippen molar-refractivity contribution >= 4 is 5.91 Å². The summed E-state index contributed by atoms with van der Waals surface area (Å²) >= 11 is 0. The third-order valence-corrected chi connectivity index (χ3v) is 5.66. The fourth-order valence-electron chi connectivity index (χ4n) is 4.11. The topological polar surface area (TPSA) is 43.1 Å². The van der Waals surface area contributed by atoms with Crippen molar-refractivity contribution in [3.63, 3.8) is 0 Å². The summed E-state index contributed by atoms with van der Waals surface area (Å²) in [7, 11) is 2.03. The summed E-state index contributed by atoms with van der Waals surface area (Å²) in [6.07, 6.45) is 3.84. The Morgan fingerprint density at radius 1 is 1.19 bits per heavy atom. The van der Waals surface area contributed by atoms with E-state index < -0.39 is 0 Å². The lowest BCUT2D eigenvalue weighted by molar-refractivity contribution is 0.0546. The Kier molecular flexibility index (Phi) is 4.38. The summed E-state index contributed by atoms with van der Waals surface area (Å²) in [5.41, 5.74) is 3.96. The highest BCUT2D eigenvalue weighted by atomic mass is 16.2. The van der Waals surface area contributed by atoms with Crippen LogP contribution in [0.5, 0.6) is 0 Å². The van der Waals surface area contributed by atoms with Gasteiger partial charge < -0.3 is 14.0 Å². The van der Waals surface area contributed by atoms with E-state index in [1.807, 2.05) is 55.5 Å². The van der Waals surface area contributed by atoms with Crippen LogP contribution >= 0.6 is 0 Å². The van der Waals surface area contributed by atoms with E-state index in [1.54, 1.807) is 0 Å². The number of aromatic nitrogens is 3. The Bertz CT molecular complexity index is 968. The van der Waals surface area contributed by atoms with Crippen molar-refractivity contribution in [2.45, 2.75) is 33.4 Å². The quantitative estimate of drug-likeness (QED) is 0.705. The minimum Gasteiger partial charge on any atom is -0.347 e. The highest BCUT2D eigenvalue weighted by Gasteiger charge is 2.35. The van der Waals surface area contributed by atoms with Gasteiger partial charge in [-0.1, -0.05) is 44.2 Å². The van der Waals surface area contributed by atoms with Crippen LogP contribution in [-0.2, 0) is 13.6 Å². The third-order valence-electron chi connectivity index (χ3n) is 5.66. The van der Waals surface area contributed by atoms with Gasteiger partial charge in [0.2, 0.25) is 0 Å². The Morgan fingerprint density at radius 3 is 2.63 bits per heavy atom. The first-order chi connectivity index (χ1) is 13.0. The van der Waals surface area contributed by atoms with E-state index in [1.165, 1.54) is 0 Å². The second-order valence-electron chi connectivity index (χ2n) is 7.62. The largest absolute Gasteiger partial charge is 0.347 e. The van der Waals surface area contributed by atoms with Crippen molar-refractivity contribution in [1.29, 1.82) is 0 Å². The van der Waals surface area contributed by atoms with Crippen LogP contribution in [0, 0.1) is 12.8 Å². The van der Waals surface area contributed by atoms with Crippen LogP contribution in [0.15, 0.2) is 48.8 Å². The van der Waals surface area contributed by atoms with E-state index >= 15 is 0 Å². The van der Waals surface area contributed by atoms with Crippen LogP contribution in [-0.4, -0.2) is 31.5 Å². The summed E-state index contributed by atoms with van der Waals surface area (Å²) in [6, 6.07) is 12.3. The SMILES string of the molecule is Cc1c(C(=O)N2CCn3ccnc3C2C(C)C)cc(-c2ccccc2)n1C. The highest BCUT2D eigenvalue weighted by Crippen LogP contribution is 2.34. The monoisotopic (exact) mass is 362 g/mol. The Labute approximate surface area is 160 Å². The van der Waals surface area contributed by atoms with Crippen LogP contribution in [0.1, 0.15) is 41.8 Å². The van der Waals surface area contributed by atoms with E-state index in [9.17, 15) is 4.79 Å². The molecule has 1 aromatic carbocycles. The van der Waals surface area contributed by atoms with Gasteiger partial charge in [0.05, 0.1) is 11.6 Å². The Balaban J connectivity index is 1.73. The summed E-state index contributed by atoms with van der Waals surface area (Å²) in [4.78, 5) is 20.1. The van der Waals surface area contributed by atoms with E-state index in [4.69, 9.17) is 0 Å². The number of carbonyl (C=O) groups is 1. The summed E-state index contributed by atoms with van der Waals surface area (Å²) in [5, 5.41) is 0. The van der Waals surface area contributed by atoms with Crippen molar-refractivity contribution < 1.29 is 4.79 Å². The van der Waals surface area contributed by atoms with E-state index in [0.717, 1.165) is 34.9 Å². The van der Waals surface area contributed by atoms with Crippen LogP contribution in [0.3, 0.4) is 0 Å². The number of amides is 1. The number of hydrogen-bond acceptors (Lipinski definition) is 2. The smallest absolute Gasteiger partial charge is 0.256 e. The number of fused-ring (bicyclic) bond motifs is 1. The first kappa shape index (κ1) is 17.6. The molecule has 1 unspecified atom stereocenters. The van der Waals surface area contributed by atoms with Gasteiger partial charge in [-0.25, -0.2) is 4.98 Å². The van der Waals surface area contributed by atoms with E-state index in [-0.39, 0.29) is 11.9 Å². The predicted octanol–water partition coefficient (Wildman–Crippen LogP) is 4.05. The molecular formula is C22H26N4O. The van der Waals surface area contributed by atoms with Crippen molar-refractivity contribution in [1.82, 2.24) is 19.0 Å². The zero-order valence-electron chi connectivity index (χ0n) is 16.4. The maximum Gasteiger partial charge on any atom is 0.256 e. The molecule has 5 heteroatoms. The summed E-state index contributed by atoms with van der Waals surface area (Å²) < 4.78 is 4.28. The molecular weight excluding hydrogens is 336 g/mol. The zero-order valence-corrected chi connectivity index (χ0v) is 16.4. The second kappa shape index (κ2) is 6.72. The maximum absolute atomic E-state index is 13.5. The molecule has 0 N–H and O–H groups in total. The van der Waals surface area contributed by atoms with Crippen molar-refractivity contribution in [3.8, 4) is 11.3 Å². The molecule has 2 aromatic heterocycles. The Hall–Kier alpha value is -2.82. The molecule has 27 heavy (non-hydrogen) atoms. The fraction of sp³-hybridized carbons (Fsp3) is 0.364. The van der Waals surface area contributed by atoms with E-state index in [0.29, 0.717) is 12.5 Å². The molecule has 1 aliphatic heterocycles. The molecule has 0 bridgehead atoms. The molecule has 140 valence electrons. The second-order valence-corrected chi connectivity index (χ2v) is 7.62. The van der Waals surface area contributed by atoms with Gasteiger partial charge in [-0.3, -0.25) is 4.79 Å².